The Kier molecular flexibility index (Phi) is 6.00. The van der Waals surface area contributed by atoms with Crippen LogP contribution in [0.15, 0.2) is 45.8 Å². The second kappa shape index (κ2) is 7.76. The average molecular weight is 366 g/mol. The second-order valence-electron chi connectivity index (χ2n) is 5.00. The van der Waals surface area contributed by atoms with Gasteiger partial charge in [0.25, 0.3) is 0 Å². The zero-order chi connectivity index (χ0) is 15.2. The normalized spacial score (nSPS) is 10.6. The highest BCUT2D eigenvalue weighted by molar-refractivity contribution is 9.10. The quantitative estimate of drug-likeness (QED) is 0.433. The summed E-state index contributed by atoms with van der Waals surface area (Å²) in [6, 6.07) is 12.2. The van der Waals surface area contributed by atoms with Crippen molar-refractivity contribution >= 4 is 33.4 Å². The molecule has 0 fully saturated rings. The van der Waals surface area contributed by atoms with Crippen LogP contribution >= 0.6 is 27.7 Å². The van der Waals surface area contributed by atoms with Gasteiger partial charge in [-0.15, -0.1) is 11.8 Å². The van der Waals surface area contributed by atoms with Crippen molar-refractivity contribution in [2.45, 2.75) is 25.2 Å². The molecule has 0 aliphatic carbocycles. The summed E-state index contributed by atoms with van der Waals surface area (Å²) >= 11 is 5.24. The van der Waals surface area contributed by atoms with Crippen molar-refractivity contribution in [3.05, 3.63) is 52.0 Å². The minimum Gasteiger partial charge on any atom is -0.493 e. The number of rotatable bonds is 6. The maximum atomic E-state index is 5.96. The molecular weight excluding hydrogens is 346 g/mol. The molecule has 0 saturated heterocycles. The summed E-state index contributed by atoms with van der Waals surface area (Å²) in [5, 5.41) is 0. The Balaban J connectivity index is 1.77. The molecule has 0 heterocycles. The van der Waals surface area contributed by atoms with Gasteiger partial charge in [0.1, 0.15) is 5.75 Å². The summed E-state index contributed by atoms with van der Waals surface area (Å²) in [6.45, 7) is 4.88. The summed E-state index contributed by atoms with van der Waals surface area (Å²) in [5.41, 5.74) is 9.20. The van der Waals surface area contributed by atoms with Crippen molar-refractivity contribution in [1.29, 1.82) is 0 Å². The fourth-order valence-electron chi connectivity index (χ4n) is 1.92. The predicted molar refractivity (Wildman–Crippen MR) is 95.3 cm³/mol. The van der Waals surface area contributed by atoms with Gasteiger partial charge in [0, 0.05) is 20.8 Å². The van der Waals surface area contributed by atoms with Crippen LogP contribution in [0, 0.1) is 13.8 Å². The maximum Gasteiger partial charge on any atom is 0.122 e. The van der Waals surface area contributed by atoms with Crippen LogP contribution in [-0.4, -0.2) is 12.4 Å². The van der Waals surface area contributed by atoms with Gasteiger partial charge < -0.3 is 10.5 Å². The first-order chi connectivity index (χ1) is 10.1. The lowest BCUT2D eigenvalue weighted by atomic mass is 10.1. The topological polar surface area (TPSA) is 35.2 Å². The Hall–Kier alpha value is -1.13. The first-order valence-corrected chi connectivity index (χ1v) is 8.72. The molecule has 2 aromatic rings. The Morgan fingerprint density at radius 1 is 1.14 bits per heavy atom. The van der Waals surface area contributed by atoms with Gasteiger partial charge in [-0.1, -0.05) is 28.1 Å². The Bertz CT molecular complexity index is 562. The molecule has 112 valence electrons. The molecular formula is C17H20BrNOS. The van der Waals surface area contributed by atoms with Crippen molar-refractivity contribution in [3.63, 3.8) is 0 Å². The standard InChI is InChI=1S/C17H20BrNOS/c1-12-4-5-13(2)16(10-12)20-8-3-9-21-17-11-14(18)6-7-15(17)19/h4-7,10-11H,3,8-9,19H2,1-2H3. The molecule has 0 bridgehead atoms. The molecule has 0 amide bonds. The number of thioether (sulfide) groups is 1. The lowest BCUT2D eigenvalue weighted by Gasteiger charge is -2.10. The van der Waals surface area contributed by atoms with Crippen LogP contribution in [0.5, 0.6) is 5.75 Å². The summed E-state index contributed by atoms with van der Waals surface area (Å²) < 4.78 is 6.92. The SMILES string of the molecule is Cc1ccc(C)c(OCCCSc2cc(Br)ccc2N)c1. The lowest BCUT2D eigenvalue weighted by Crippen LogP contribution is -2.00. The fourth-order valence-corrected chi connectivity index (χ4v) is 3.36. The molecule has 2 nitrogen and oxygen atoms in total. The molecule has 0 aliphatic rings. The number of hydrogen-bond acceptors (Lipinski definition) is 3. The highest BCUT2D eigenvalue weighted by atomic mass is 79.9. The van der Waals surface area contributed by atoms with Crippen molar-refractivity contribution in [3.8, 4) is 5.75 Å². The van der Waals surface area contributed by atoms with E-state index < -0.39 is 0 Å². The number of halogens is 1. The van der Waals surface area contributed by atoms with E-state index in [1.165, 1.54) is 11.1 Å². The van der Waals surface area contributed by atoms with Crippen LogP contribution in [0.25, 0.3) is 0 Å². The van der Waals surface area contributed by atoms with E-state index in [1.807, 2.05) is 12.1 Å². The second-order valence-corrected chi connectivity index (χ2v) is 7.05. The van der Waals surface area contributed by atoms with Gasteiger partial charge in [-0.05, 0) is 55.7 Å². The molecule has 0 saturated carbocycles. The summed E-state index contributed by atoms with van der Waals surface area (Å²) in [6.07, 6.45) is 0.990. The highest BCUT2D eigenvalue weighted by Crippen LogP contribution is 2.28. The number of anilines is 1. The highest BCUT2D eigenvalue weighted by Gasteiger charge is 2.02. The third-order valence-electron chi connectivity index (χ3n) is 3.12. The Labute approximate surface area is 139 Å². The monoisotopic (exact) mass is 365 g/mol. The van der Waals surface area contributed by atoms with Gasteiger partial charge in [-0.3, -0.25) is 0 Å². The van der Waals surface area contributed by atoms with Gasteiger partial charge in [0.15, 0.2) is 0 Å². The van der Waals surface area contributed by atoms with Crippen LogP contribution < -0.4 is 10.5 Å². The van der Waals surface area contributed by atoms with E-state index in [-0.39, 0.29) is 0 Å². The smallest absolute Gasteiger partial charge is 0.122 e. The van der Waals surface area contributed by atoms with Crippen molar-refractivity contribution < 1.29 is 4.74 Å². The van der Waals surface area contributed by atoms with Gasteiger partial charge >= 0.3 is 0 Å². The lowest BCUT2D eigenvalue weighted by molar-refractivity contribution is 0.316. The van der Waals surface area contributed by atoms with E-state index in [2.05, 4.69) is 54.0 Å². The molecule has 2 aromatic carbocycles. The van der Waals surface area contributed by atoms with Crippen LogP contribution in [-0.2, 0) is 0 Å². The van der Waals surface area contributed by atoms with Gasteiger partial charge in [-0.25, -0.2) is 0 Å². The van der Waals surface area contributed by atoms with E-state index in [4.69, 9.17) is 10.5 Å². The van der Waals surface area contributed by atoms with E-state index >= 15 is 0 Å². The molecule has 0 unspecified atom stereocenters. The third-order valence-corrected chi connectivity index (χ3v) is 4.77. The molecule has 0 aliphatic heterocycles. The number of benzene rings is 2. The Morgan fingerprint density at radius 2 is 1.95 bits per heavy atom. The van der Waals surface area contributed by atoms with Crippen molar-refractivity contribution in [2.75, 3.05) is 18.1 Å². The molecule has 0 atom stereocenters. The number of hydrogen-bond donors (Lipinski definition) is 1. The first-order valence-electron chi connectivity index (χ1n) is 6.94. The largest absolute Gasteiger partial charge is 0.493 e. The first kappa shape index (κ1) is 16.2. The van der Waals surface area contributed by atoms with Gasteiger partial charge in [-0.2, -0.15) is 0 Å². The van der Waals surface area contributed by atoms with E-state index in [9.17, 15) is 0 Å². The summed E-state index contributed by atoms with van der Waals surface area (Å²) in [5.74, 6) is 1.98. The molecule has 2 rings (SSSR count). The average Bonchev–Trinajstić information content (AvgIpc) is 2.45. The number of aryl methyl sites for hydroxylation is 2. The predicted octanol–water partition coefficient (Wildman–Crippen LogP) is 5.21. The molecule has 2 N–H and O–H groups in total. The third kappa shape index (κ3) is 4.97. The maximum absolute atomic E-state index is 5.96. The van der Waals surface area contributed by atoms with E-state index in [1.54, 1.807) is 11.8 Å². The van der Waals surface area contributed by atoms with Crippen molar-refractivity contribution in [2.24, 2.45) is 0 Å². The zero-order valence-electron chi connectivity index (χ0n) is 12.4. The summed E-state index contributed by atoms with van der Waals surface area (Å²) in [7, 11) is 0. The molecule has 0 spiro atoms. The van der Waals surface area contributed by atoms with Crippen molar-refractivity contribution in [1.82, 2.24) is 0 Å². The molecule has 0 radical (unpaired) electrons. The minimum absolute atomic E-state index is 0.727. The molecule has 21 heavy (non-hydrogen) atoms. The summed E-state index contributed by atoms with van der Waals surface area (Å²) in [4.78, 5) is 1.12. The van der Waals surface area contributed by atoms with Gasteiger partial charge in [0.05, 0.1) is 6.61 Å². The van der Waals surface area contributed by atoms with Crippen LogP contribution in [0.1, 0.15) is 17.5 Å². The fraction of sp³-hybridized carbons (Fsp3) is 0.294. The van der Waals surface area contributed by atoms with E-state index in [0.29, 0.717) is 0 Å². The van der Waals surface area contributed by atoms with Crippen LogP contribution in [0.4, 0.5) is 5.69 Å². The Morgan fingerprint density at radius 3 is 2.76 bits per heavy atom. The number of nitrogens with two attached hydrogens (primary N) is 1. The van der Waals surface area contributed by atoms with Gasteiger partial charge in [0.2, 0.25) is 0 Å². The molecule has 4 heteroatoms. The number of nitrogen functional groups attached to an aromatic ring is 1. The van der Waals surface area contributed by atoms with E-state index in [0.717, 1.165) is 39.6 Å². The zero-order valence-corrected chi connectivity index (χ0v) is 14.8. The molecule has 0 aromatic heterocycles. The van der Waals surface area contributed by atoms with Crippen LogP contribution in [0.2, 0.25) is 0 Å². The minimum atomic E-state index is 0.727. The van der Waals surface area contributed by atoms with Crippen LogP contribution in [0.3, 0.4) is 0 Å². The number of ether oxygens (including phenoxy) is 1.